The summed E-state index contributed by atoms with van der Waals surface area (Å²) < 4.78 is 0. The van der Waals surface area contributed by atoms with E-state index in [0.29, 0.717) is 0 Å². The lowest BCUT2D eigenvalue weighted by molar-refractivity contribution is 0.0464. The predicted octanol–water partition coefficient (Wildman–Crippen LogP) is 3.04. The minimum Gasteiger partial charge on any atom is -0.392 e. The fourth-order valence-corrected chi connectivity index (χ4v) is 5.16. The molecule has 23 heavy (non-hydrogen) atoms. The second-order valence-corrected chi connectivity index (χ2v) is 7.73. The van der Waals surface area contributed by atoms with Crippen LogP contribution < -0.4 is 0 Å². The zero-order valence-corrected chi connectivity index (χ0v) is 13.3. The Kier molecular flexibility index (Phi) is 2.80. The molecule has 0 aliphatic heterocycles. The summed E-state index contributed by atoms with van der Waals surface area (Å²) in [6.45, 7) is 0.0930. The Morgan fingerprint density at radius 1 is 0.870 bits per heavy atom. The Labute approximate surface area is 136 Å². The largest absolute Gasteiger partial charge is 0.392 e. The van der Waals surface area contributed by atoms with Crippen LogP contribution in [0.2, 0.25) is 0 Å². The number of aryl methyl sites for hydroxylation is 2. The van der Waals surface area contributed by atoms with E-state index in [4.69, 9.17) is 0 Å². The summed E-state index contributed by atoms with van der Waals surface area (Å²) in [5, 5.41) is 20.5. The van der Waals surface area contributed by atoms with Crippen molar-refractivity contribution >= 4 is 0 Å². The minimum absolute atomic E-state index is 0.0617. The highest BCUT2D eigenvalue weighted by atomic mass is 16.3. The van der Waals surface area contributed by atoms with Crippen molar-refractivity contribution in [1.82, 2.24) is 0 Å². The highest BCUT2D eigenvalue weighted by Gasteiger charge is 2.49. The SMILES string of the molecule is OCc1ccc2c(c1)C[C@]1(C2)Cc2cc3c(cc2[C@@H]1O)CCC3. The average Bonchev–Trinajstić information content (AvgIpc) is 3.22. The summed E-state index contributed by atoms with van der Waals surface area (Å²) in [7, 11) is 0. The molecule has 3 aliphatic rings. The molecule has 0 heterocycles. The molecule has 2 aromatic carbocycles. The van der Waals surface area contributed by atoms with Gasteiger partial charge in [-0.15, -0.1) is 0 Å². The van der Waals surface area contributed by atoms with Crippen LogP contribution in [0.25, 0.3) is 0 Å². The number of benzene rings is 2. The van der Waals surface area contributed by atoms with E-state index in [9.17, 15) is 10.2 Å². The molecule has 118 valence electrons. The third kappa shape index (κ3) is 1.88. The molecule has 3 aliphatic carbocycles. The predicted molar refractivity (Wildman–Crippen MR) is 89.3 cm³/mol. The third-order valence-corrected chi connectivity index (χ3v) is 6.31. The monoisotopic (exact) mass is 306 g/mol. The van der Waals surface area contributed by atoms with E-state index in [1.807, 2.05) is 6.07 Å². The second-order valence-electron chi connectivity index (χ2n) is 7.73. The molecular formula is C21H22O2. The van der Waals surface area contributed by atoms with Crippen LogP contribution in [-0.4, -0.2) is 10.2 Å². The Balaban J connectivity index is 1.54. The van der Waals surface area contributed by atoms with Gasteiger partial charge in [-0.1, -0.05) is 30.3 Å². The summed E-state index contributed by atoms with van der Waals surface area (Å²) in [6.07, 6.45) is 6.14. The fraction of sp³-hybridized carbons (Fsp3) is 0.429. The Morgan fingerprint density at radius 2 is 1.61 bits per heavy atom. The van der Waals surface area contributed by atoms with Gasteiger partial charge < -0.3 is 10.2 Å². The molecule has 0 fully saturated rings. The number of fused-ring (bicyclic) bond motifs is 3. The van der Waals surface area contributed by atoms with Gasteiger partial charge in [-0.25, -0.2) is 0 Å². The van der Waals surface area contributed by atoms with Crippen LogP contribution >= 0.6 is 0 Å². The Hall–Kier alpha value is -1.64. The average molecular weight is 306 g/mol. The van der Waals surface area contributed by atoms with E-state index in [-0.39, 0.29) is 18.1 Å². The molecule has 0 unspecified atom stereocenters. The van der Waals surface area contributed by atoms with E-state index < -0.39 is 0 Å². The zero-order chi connectivity index (χ0) is 15.6. The van der Waals surface area contributed by atoms with Gasteiger partial charge in [0.1, 0.15) is 0 Å². The van der Waals surface area contributed by atoms with Gasteiger partial charge in [0.25, 0.3) is 0 Å². The fourth-order valence-electron chi connectivity index (χ4n) is 5.16. The van der Waals surface area contributed by atoms with Crippen molar-refractivity contribution in [3.05, 3.63) is 69.3 Å². The molecule has 0 aromatic heterocycles. The third-order valence-electron chi connectivity index (χ3n) is 6.31. The minimum atomic E-state index is -0.353. The van der Waals surface area contributed by atoms with Crippen molar-refractivity contribution in [3.8, 4) is 0 Å². The lowest BCUT2D eigenvalue weighted by Gasteiger charge is -2.27. The first-order chi connectivity index (χ1) is 11.2. The molecule has 0 saturated carbocycles. The quantitative estimate of drug-likeness (QED) is 0.850. The highest BCUT2D eigenvalue weighted by Crippen LogP contribution is 2.54. The van der Waals surface area contributed by atoms with Crippen LogP contribution in [0, 0.1) is 5.41 Å². The van der Waals surface area contributed by atoms with Crippen LogP contribution in [0.1, 0.15) is 51.5 Å². The first-order valence-corrected chi connectivity index (χ1v) is 8.73. The van der Waals surface area contributed by atoms with E-state index in [1.54, 1.807) is 0 Å². The molecule has 2 aromatic rings. The van der Waals surface area contributed by atoms with E-state index >= 15 is 0 Å². The van der Waals surface area contributed by atoms with Gasteiger partial charge in [-0.3, -0.25) is 0 Å². The lowest BCUT2D eigenvalue weighted by Crippen LogP contribution is -2.26. The molecule has 0 saturated heterocycles. The number of rotatable bonds is 1. The normalized spacial score (nSPS) is 27.3. The second kappa shape index (κ2) is 4.68. The van der Waals surface area contributed by atoms with E-state index in [2.05, 4.69) is 24.3 Å². The molecule has 0 amide bonds. The van der Waals surface area contributed by atoms with Crippen molar-refractivity contribution in [3.63, 3.8) is 0 Å². The number of hydrogen-bond acceptors (Lipinski definition) is 2. The summed E-state index contributed by atoms with van der Waals surface area (Å²) in [5.41, 5.74) is 9.09. The van der Waals surface area contributed by atoms with Crippen molar-refractivity contribution in [2.45, 2.75) is 51.2 Å². The Bertz CT molecular complexity index is 808. The van der Waals surface area contributed by atoms with Crippen molar-refractivity contribution in [2.24, 2.45) is 5.41 Å². The maximum absolute atomic E-state index is 11.1. The van der Waals surface area contributed by atoms with Gasteiger partial charge >= 0.3 is 0 Å². The van der Waals surface area contributed by atoms with Gasteiger partial charge in [-0.05, 0) is 77.5 Å². The smallest absolute Gasteiger partial charge is 0.0858 e. The molecule has 1 spiro atoms. The standard InChI is InChI=1S/C21H22O2/c22-12-13-4-5-16-9-21(10-17(16)6-13)11-18-7-14-2-1-3-15(14)8-19(18)20(21)23/h4-8,20,22-23H,1-3,9-12H2/t20-,21+/m0/s1. The van der Waals surface area contributed by atoms with Gasteiger partial charge in [0.15, 0.2) is 0 Å². The first-order valence-electron chi connectivity index (χ1n) is 8.73. The topological polar surface area (TPSA) is 40.5 Å². The van der Waals surface area contributed by atoms with Crippen molar-refractivity contribution in [2.75, 3.05) is 0 Å². The van der Waals surface area contributed by atoms with Gasteiger partial charge in [-0.2, -0.15) is 0 Å². The van der Waals surface area contributed by atoms with E-state index in [1.165, 1.54) is 52.6 Å². The number of aliphatic hydroxyl groups excluding tert-OH is 2. The van der Waals surface area contributed by atoms with Crippen LogP contribution in [-0.2, 0) is 38.7 Å². The number of aliphatic hydroxyl groups is 2. The molecular weight excluding hydrogens is 284 g/mol. The van der Waals surface area contributed by atoms with Gasteiger partial charge in [0.05, 0.1) is 12.7 Å². The Morgan fingerprint density at radius 3 is 2.43 bits per heavy atom. The lowest BCUT2D eigenvalue weighted by atomic mass is 9.79. The first kappa shape index (κ1) is 13.8. The zero-order valence-electron chi connectivity index (χ0n) is 13.3. The maximum Gasteiger partial charge on any atom is 0.0858 e. The molecule has 2 nitrogen and oxygen atoms in total. The van der Waals surface area contributed by atoms with Gasteiger partial charge in [0.2, 0.25) is 0 Å². The van der Waals surface area contributed by atoms with Crippen LogP contribution in [0.4, 0.5) is 0 Å². The molecule has 5 rings (SSSR count). The molecule has 2 heteroatoms. The van der Waals surface area contributed by atoms with Crippen LogP contribution in [0.3, 0.4) is 0 Å². The van der Waals surface area contributed by atoms with Gasteiger partial charge in [0, 0.05) is 5.41 Å². The summed E-state index contributed by atoms with van der Waals surface area (Å²) in [4.78, 5) is 0. The van der Waals surface area contributed by atoms with Crippen LogP contribution in [0.15, 0.2) is 30.3 Å². The molecule has 0 radical (unpaired) electrons. The summed E-state index contributed by atoms with van der Waals surface area (Å²) >= 11 is 0. The highest BCUT2D eigenvalue weighted by molar-refractivity contribution is 5.49. The van der Waals surface area contributed by atoms with Crippen molar-refractivity contribution < 1.29 is 10.2 Å². The summed E-state index contributed by atoms with van der Waals surface area (Å²) in [6, 6.07) is 10.9. The maximum atomic E-state index is 11.1. The molecule has 2 N–H and O–H groups in total. The van der Waals surface area contributed by atoms with Crippen LogP contribution in [0.5, 0.6) is 0 Å². The summed E-state index contributed by atoms with van der Waals surface area (Å²) in [5.74, 6) is 0. The molecule has 0 bridgehead atoms. The van der Waals surface area contributed by atoms with Crippen molar-refractivity contribution in [1.29, 1.82) is 0 Å². The number of hydrogen-bond donors (Lipinski definition) is 2. The van der Waals surface area contributed by atoms with E-state index in [0.717, 1.165) is 24.8 Å². The molecule has 2 atom stereocenters.